The van der Waals surface area contributed by atoms with Crippen LogP contribution in [0, 0.1) is 17.7 Å². The maximum absolute atomic E-state index is 12.8. The Bertz CT molecular complexity index is 474. The van der Waals surface area contributed by atoms with Crippen LogP contribution in [0.1, 0.15) is 13.8 Å². The second-order valence-corrected chi connectivity index (χ2v) is 4.91. The molecule has 0 saturated heterocycles. The van der Waals surface area contributed by atoms with Gasteiger partial charge in [-0.1, -0.05) is 13.8 Å². The van der Waals surface area contributed by atoms with Crippen LogP contribution in [0.3, 0.4) is 0 Å². The van der Waals surface area contributed by atoms with Crippen molar-refractivity contribution in [1.82, 2.24) is 5.32 Å². The SMILES string of the molecule is CC(C)C(CNC(=O)N(C)c1ccc(F)cc1)C(=O)O. The second kappa shape index (κ2) is 6.88. The molecule has 2 N–H and O–H groups in total. The highest BCUT2D eigenvalue weighted by atomic mass is 19.1. The Morgan fingerprint density at radius 1 is 1.30 bits per heavy atom. The lowest BCUT2D eigenvalue weighted by molar-refractivity contribution is -0.142. The van der Waals surface area contributed by atoms with Crippen LogP contribution < -0.4 is 10.2 Å². The number of nitrogens with zero attached hydrogens (tertiary/aromatic N) is 1. The molecule has 1 aromatic rings. The van der Waals surface area contributed by atoms with E-state index in [0.29, 0.717) is 5.69 Å². The third kappa shape index (κ3) is 4.22. The van der Waals surface area contributed by atoms with Crippen LogP contribution in [0.2, 0.25) is 0 Å². The summed E-state index contributed by atoms with van der Waals surface area (Å²) in [6, 6.07) is 5.04. The number of rotatable bonds is 5. The van der Waals surface area contributed by atoms with Gasteiger partial charge in [-0.25, -0.2) is 9.18 Å². The Morgan fingerprint density at radius 2 is 1.85 bits per heavy atom. The van der Waals surface area contributed by atoms with Gasteiger partial charge < -0.3 is 10.4 Å². The molecule has 0 aromatic heterocycles. The quantitative estimate of drug-likeness (QED) is 0.870. The standard InChI is InChI=1S/C14H19FN2O3/c1-9(2)12(13(18)19)8-16-14(20)17(3)11-6-4-10(15)5-7-11/h4-7,9,12H,8H2,1-3H3,(H,16,20)(H,18,19). The normalized spacial score (nSPS) is 12.1. The topological polar surface area (TPSA) is 69.6 Å². The number of carboxylic acid groups (broad SMARTS) is 1. The fourth-order valence-electron chi connectivity index (χ4n) is 1.71. The summed E-state index contributed by atoms with van der Waals surface area (Å²) in [4.78, 5) is 24.2. The minimum atomic E-state index is -0.940. The van der Waals surface area contributed by atoms with Crippen molar-refractivity contribution in [3.63, 3.8) is 0 Å². The van der Waals surface area contributed by atoms with Gasteiger partial charge in [0.15, 0.2) is 0 Å². The van der Waals surface area contributed by atoms with Gasteiger partial charge in [0, 0.05) is 19.3 Å². The van der Waals surface area contributed by atoms with Gasteiger partial charge in [-0.2, -0.15) is 0 Å². The molecule has 0 spiro atoms. The van der Waals surface area contributed by atoms with E-state index in [0.717, 1.165) is 0 Å². The summed E-state index contributed by atoms with van der Waals surface area (Å²) in [5, 5.41) is 11.6. The average Bonchev–Trinajstić information content (AvgIpc) is 2.38. The number of hydrogen-bond donors (Lipinski definition) is 2. The van der Waals surface area contributed by atoms with E-state index in [9.17, 15) is 14.0 Å². The third-order valence-corrected chi connectivity index (χ3v) is 3.11. The lowest BCUT2D eigenvalue weighted by atomic mass is 9.96. The van der Waals surface area contributed by atoms with Gasteiger partial charge in [0.25, 0.3) is 0 Å². The average molecular weight is 282 g/mol. The molecule has 0 fully saturated rings. The first kappa shape index (κ1) is 15.9. The van der Waals surface area contributed by atoms with Crippen LogP contribution in [-0.2, 0) is 4.79 Å². The van der Waals surface area contributed by atoms with E-state index in [1.54, 1.807) is 13.8 Å². The van der Waals surface area contributed by atoms with Gasteiger partial charge in [-0.3, -0.25) is 9.69 Å². The summed E-state index contributed by atoms with van der Waals surface area (Å²) in [6.07, 6.45) is 0. The molecule has 1 atom stereocenters. The molecule has 0 aliphatic carbocycles. The van der Waals surface area contributed by atoms with Crippen molar-refractivity contribution in [2.24, 2.45) is 11.8 Å². The monoisotopic (exact) mass is 282 g/mol. The molecular weight excluding hydrogens is 263 g/mol. The van der Waals surface area contributed by atoms with E-state index >= 15 is 0 Å². The molecule has 20 heavy (non-hydrogen) atoms. The van der Waals surface area contributed by atoms with E-state index in [4.69, 9.17) is 5.11 Å². The molecule has 0 saturated carbocycles. The van der Waals surface area contributed by atoms with Crippen molar-refractivity contribution >= 4 is 17.7 Å². The van der Waals surface area contributed by atoms with Gasteiger partial charge in [0.2, 0.25) is 0 Å². The largest absolute Gasteiger partial charge is 0.481 e. The number of amides is 2. The zero-order valence-electron chi connectivity index (χ0n) is 11.8. The van der Waals surface area contributed by atoms with Gasteiger partial charge in [0.05, 0.1) is 5.92 Å². The van der Waals surface area contributed by atoms with Crippen LogP contribution in [0.4, 0.5) is 14.9 Å². The van der Waals surface area contributed by atoms with Crippen molar-refractivity contribution in [1.29, 1.82) is 0 Å². The lowest BCUT2D eigenvalue weighted by Gasteiger charge is -2.21. The Hall–Kier alpha value is -2.11. The van der Waals surface area contributed by atoms with Crippen molar-refractivity contribution in [2.45, 2.75) is 13.8 Å². The van der Waals surface area contributed by atoms with Crippen LogP contribution in [0.15, 0.2) is 24.3 Å². The molecule has 1 aromatic carbocycles. The van der Waals surface area contributed by atoms with E-state index in [-0.39, 0.29) is 18.3 Å². The summed E-state index contributed by atoms with van der Waals surface area (Å²) < 4.78 is 12.8. The van der Waals surface area contributed by atoms with Crippen LogP contribution in [0.25, 0.3) is 0 Å². The molecule has 1 unspecified atom stereocenters. The molecule has 0 radical (unpaired) electrons. The Morgan fingerprint density at radius 3 is 2.30 bits per heavy atom. The molecule has 6 heteroatoms. The predicted molar refractivity (Wildman–Crippen MR) is 74.2 cm³/mol. The maximum Gasteiger partial charge on any atom is 0.321 e. The Balaban J connectivity index is 2.62. The summed E-state index contributed by atoms with van der Waals surface area (Å²) in [5.74, 6) is -2.04. The molecular formula is C14H19FN2O3. The summed E-state index contributed by atoms with van der Waals surface area (Å²) in [5.41, 5.74) is 0.528. The fourth-order valence-corrected chi connectivity index (χ4v) is 1.71. The maximum atomic E-state index is 12.8. The van der Waals surface area contributed by atoms with Gasteiger partial charge in [-0.15, -0.1) is 0 Å². The first-order chi connectivity index (χ1) is 9.32. The number of hydrogen-bond acceptors (Lipinski definition) is 2. The first-order valence-corrected chi connectivity index (χ1v) is 6.33. The number of carbonyl (C=O) groups excluding carboxylic acids is 1. The van der Waals surface area contributed by atoms with Crippen LogP contribution in [0.5, 0.6) is 0 Å². The molecule has 1 rings (SSSR count). The van der Waals surface area contributed by atoms with Crippen LogP contribution >= 0.6 is 0 Å². The molecule has 2 amide bonds. The summed E-state index contributed by atoms with van der Waals surface area (Å²) in [7, 11) is 1.54. The molecule has 0 aliphatic rings. The minimum absolute atomic E-state index is 0.0529. The molecule has 5 nitrogen and oxygen atoms in total. The Kier molecular flexibility index (Phi) is 5.49. The fraction of sp³-hybridized carbons (Fsp3) is 0.429. The number of carbonyl (C=O) groups is 2. The third-order valence-electron chi connectivity index (χ3n) is 3.11. The van der Waals surface area contributed by atoms with Crippen molar-refractivity contribution < 1.29 is 19.1 Å². The highest BCUT2D eigenvalue weighted by Gasteiger charge is 2.22. The zero-order chi connectivity index (χ0) is 15.3. The zero-order valence-corrected chi connectivity index (χ0v) is 11.8. The number of carboxylic acids is 1. The summed E-state index contributed by atoms with van der Waals surface area (Å²) in [6.45, 7) is 3.63. The van der Waals surface area contributed by atoms with E-state index in [1.165, 1.54) is 36.2 Å². The number of anilines is 1. The Labute approximate surface area is 117 Å². The number of halogens is 1. The lowest BCUT2D eigenvalue weighted by Crippen LogP contribution is -2.42. The van der Waals surface area contributed by atoms with Gasteiger partial charge >= 0.3 is 12.0 Å². The smallest absolute Gasteiger partial charge is 0.321 e. The molecule has 110 valence electrons. The molecule has 0 heterocycles. The highest BCUT2D eigenvalue weighted by Crippen LogP contribution is 2.14. The van der Waals surface area contributed by atoms with Crippen LogP contribution in [-0.4, -0.2) is 30.7 Å². The first-order valence-electron chi connectivity index (χ1n) is 6.33. The molecule has 0 aliphatic heterocycles. The number of benzene rings is 1. The van der Waals surface area contributed by atoms with E-state index < -0.39 is 17.9 Å². The number of urea groups is 1. The predicted octanol–water partition coefficient (Wildman–Crippen LogP) is 2.33. The number of nitrogens with one attached hydrogen (secondary N) is 1. The van der Waals surface area contributed by atoms with Crippen molar-refractivity contribution in [2.75, 3.05) is 18.5 Å². The van der Waals surface area contributed by atoms with E-state index in [1.807, 2.05) is 0 Å². The van der Waals surface area contributed by atoms with Crippen molar-refractivity contribution in [3.8, 4) is 0 Å². The second-order valence-electron chi connectivity index (χ2n) is 4.91. The van der Waals surface area contributed by atoms with Gasteiger partial charge in [-0.05, 0) is 30.2 Å². The van der Waals surface area contributed by atoms with Gasteiger partial charge in [0.1, 0.15) is 5.82 Å². The van der Waals surface area contributed by atoms with E-state index in [2.05, 4.69) is 5.32 Å². The highest BCUT2D eigenvalue weighted by molar-refractivity contribution is 5.91. The minimum Gasteiger partial charge on any atom is -0.481 e. The molecule has 0 bridgehead atoms. The van der Waals surface area contributed by atoms with Crippen molar-refractivity contribution in [3.05, 3.63) is 30.1 Å². The summed E-state index contributed by atoms with van der Waals surface area (Å²) >= 11 is 0. The number of aliphatic carboxylic acids is 1.